The fourth-order valence-electron chi connectivity index (χ4n) is 2.69. The summed E-state index contributed by atoms with van der Waals surface area (Å²) in [6.45, 7) is 2.23. The largest absolute Gasteiger partial charge is 0.464 e. The second-order valence-electron chi connectivity index (χ2n) is 4.98. The van der Waals surface area contributed by atoms with Gasteiger partial charge in [0, 0.05) is 6.04 Å². The van der Waals surface area contributed by atoms with Gasteiger partial charge in [-0.15, -0.1) is 0 Å². The molecule has 2 atom stereocenters. The highest BCUT2D eigenvalue weighted by atomic mass is 16.5. The van der Waals surface area contributed by atoms with E-state index in [2.05, 4.69) is 26.9 Å². The molecule has 1 aromatic heterocycles. The Kier molecular flexibility index (Phi) is 4.71. The zero-order chi connectivity index (χ0) is 13.7. The van der Waals surface area contributed by atoms with Crippen molar-refractivity contribution in [2.24, 2.45) is 5.92 Å². The minimum Gasteiger partial charge on any atom is -0.464 e. The number of anilines is 1. The van der Waals surface area contributed by atoms with Crippen LogP contribution in [0.1, 0.15) is 49.5 Å². The molecule has 0 aliphatic heterocycles. The summed E-state index contributed by atoms with van der Waals surface area (Å²) in [5.41, 5.74) is 0.240. The van der Waals surface area contributed by atoms with E-state index >= 15 is 0 Å². The Morgan fingerprint density at radius 1 is 1.37 bits per heavy atom. The average Bonchev–Trinajstić information content (AvgIpc) is 2.48. The Morgan fingerprint density at radius 2 is 2.16 bits per heavy atom. The summed E-state index contributed by atoms with van der Waals surface area (Å²) in [7, 11) is 1.34. The SMILES string of the molecule is CCC1CCCCC1Nc1cnc(C(=O)OC)cn1. The number of hydrogen-bond donors (Lipinski definition) is 1. The fourth-order valence-corrected chi connectivity index (χ4v) is 2.69. The summed E-state index contributed by atoms with van der Waals surface area (Å²) < 4.78 is 4.60. The van der Waals surface area contributed by atoms with Crippen LogP contribution in [0.3, 0.4) is 0 Å². The van der Waals surface area contributed by atoms with E-state index in [-0.39, 0.29) is 5.69 Å². The van der Waals surface area contributed by atoms with Crippen molar-refractivity contribution in [3.05, 3.63) is 18.1 Å². The maximum atomic E-state index is 11.3. The Labute approximate surface area is 113 Å². The van der Waals surface area contributed by atoms with Crippen molar-refractivity contribution in [3.8, 4) is 0 Å². The third-order valence-electron chi connectivity index (χ3n) is 3.81. The van der Waals surface area contributed by atoms with Gasteiger partial charge in [0.2, 0.25) is 0 Å². The first-order valence-electron chi connectivity index (χ1n) is 6.91. The van der Waals surface area contributed by atoms with Gasteiger partial charge in [0.15, 0.2) is 5.69 Å². The molecule has 1 heterocycles. The highest BCUT2D eigenvalue weighted by molar-refractivity contribution is 5.86. The molecule has 2 rings (SSSR count). The minimum atomic E-state index is -0.455. The molecule has 0 bridgehead atoms. The van der Waals surface area contributed by atoms with E-state index in [1.165, 1.54) is 45.4 Å². The van der Waals surface area contributed by atoms with Crippen LogP contribution in [0.25, 0.3) is 0 Å². The topological polar surface area (TPSA) is 64.1 Å². The average molecular weight is 263 g/mol. The number of ether oxygens (including phenoxy) is 1. The molecule has 5 heteroatoms. The predicted molar refractivity (Wildman–Crippen MR) is 73.0 cm³/mol. The molecule has 0 radical (unpaired) electrons. The monoisotopic (exact) mass is 263 g/mol. The van der Waals surface area contributed by atoms with E-state index in [4.69, 9.17) is 0 Å². The molecule has 5 nitrogen and oxygen atoms in total. The molecule has 1 fully saturated rings. The first-order chi connectivity index (χ1) is 9.24. The van der Waals surface area contributed by atoms with Crippen molar-refractivity contribution in [1.82, 2.24) is 9.97 Å². The molecule has 104 valence electrons. The molecule has 1 saturated carbocycles. The Hall–Kier alpha value is -1.65. The number of carbonyl (C=O) groups is 1. The molecular formula is C14H21N3O2. The van der Waals surface area contributed by atoms with Gasteiger partial charge in [0.1, 0.15) is 5.82 Å². The van der Waals surface area contributed by atoms with Crippen molar-refractivity contribution < 1.29 is 9.53 Å². The molecule has 0 saturated heterocycles. The number of aromatic nitrogens is 2. The maximum Gasteiger partial charge on any atom is 0.358 e. The van der Waals surface area contributed by atoms with E-state index in [0.29, 0.717) is 12.0 Å². The van der Waals surface area contributed by atoms with Gasteiger partial charge in [0.05, 0.1) is 19.5 Å². The normalized spacial score (nSPS) is 22.8. The van der Waals surface area contributed by atoms with Crippen LogP contribution >= 0.6 is 0 Å². The molecule has 19 heavy (non-hydrogen) atoms. The number of esters is 1. The van der Waals surface area contributed by atoms with Gasteiger partial charge in [-0.1, -0.05) is 26.2 Å². The number of rotatable bonds is 4. The smallest absolute Gasteiger partial charge is 0.358 e. The molecule has 1 aliphatic rings. The predicted octanol–water partition coefficient (Wildman–Crippen LogP) is 2.64. The maximum absolute atomic E-state index is 11.3. The Bertz CT molecular complexity index is 419. The number of nitrogens with one attached hydrogen (secondary N) is 1. The Morgan fingerprint density at radius 3 is 2.79 bits per heavy atom. The molecule has 2 unspecified atom stereocenters. The number of hydrogen-bond acceptors (Lipinski definition) is 5. The van der Waals surface area contributed by atoms with Crippen LogP contribution < -0.4 is 5.32 Å². The molecule has 0 amide bonds. The van der Waals surface area contributed by atoms with Gasteiger partial charge in [-0.3, -0.25) is 0 Å². The lowest BCUT2D eigenvalue weighted by Crippen LogP contribution is -2.32. The van der Waals surface area contributed by atoms with Crippen molar-refractivity contribution in [2.75, 3.05) is 12.4 Å². The van der Waals surface area contributed by atoms with Gasteiger partial charge >= 0.3 is 5.97 Å². The van der Waals surface area contributed by atoms with Crippen molar-refractivity contribution >= 4 is 11.8 Å². The summed E-state index contributed by atoms with van der Waals surface area (Å²) in [4.78, 5) is 19.6. The first-order valence-corrected chi connectivity index (χ1v) is 6.91. The minimum absolute atomic E-state index is 0.240. The highest BCUT2D eigenvalue weighted by Crippen LogP contribution is 2.28. The van der Waals surface area contributed by atoms with Crippen molar-refractivity contribution in [2.45, 2.75) is 45.1 Å². The van der Waals surface area contributed by atoms with Crippen molar-refractivity contribution in [3.63, 3.8) is 0 Å². The fraction of sp³-hybridized carbons (Fsp3) is 0.643. The lowest BCUT2D eigenvalue weighted by Gasteiger charge is -2.31. The second kappa shape index (κ2) is 6.50. The lowest BCUT2D eigenvalue weighted by atomic mass is 9.83. The van der Waals surface area contributed by atoms with Crippen LogP contribution in [0, 0.1) is 5.92 Å². The third kappa shape index (κ3) is 3.43. The molecular weight excluding hydrogens is 242 g/mol. The van der Waals surface area contributed by atoms with Gasteiger partial charge < -0.3 is 10.1 Å². The summed E-state index contributed by atoms with van der Waals surface area (Å²) in [5, 5.41) is 3.44. The van der Waals surface area contributed by atoms with Crippen LogP contribution in [0.5, 0.6) is 0 Å². The highest BCUT2D eigenvalue weighted by Gasteiger charge is 2.23. The van der Waals surface area contributed by atoms with Crippen LogP contribution in [-0.2, 0) is 4.74 Å². The zero-order valence-corrected chi connectivity index (χ0v) is 11.6. The van der Waals surface area contributed by atoms with Gasteiger partial charge in [-0.05, 0) is 18.8 Å². The molecule has 1 aromatic rings. The number of carbonyl (C=O) groups excluding carboxylic acids is 1. The van der Waals surface area contributed by atoms with Crippen molar-refractivity contribution in [1.29, 1.82) is 0 Å². The summed E-state index contributed by atoms with van der Waals surface area (Å²) >= 11 is 0. The van der Waals surface area contributed by atoms with Crippen LogP contribution in [0.4, 0.5) is 5.82 Å². The zero-order valence-electron chi connectivity index (χ0n) is 11.6. The molecule has 0 aromatic carbocycles. The third-order valence-corrected chi connectivity index (χ3v) is 3.81. The molecule has 1 N–H and O–H groups in total. The summed E-state index contributed by atoms with van der Waals surface area (Å²) in [6.07, 6.45) is 9.29. The van der Waals surface area contributed by atoms with E-state index in [1.54, 1.807) is 6.20 Å². The van der Waals surface area contributed by atoms with E-state index < -0.39 is 5.97 Å². The van der Waals surface area contributed by atoms with Gasteiger partial charge in [-0.2, -0.15) is 0 Å². The summed E-state index contributed by atoms with van der Waals surface area (Å²) in [6, 6.07) is 0.469. The quantitative estimate of drug-likeness (QED) is 0.846. The number of nitrogens with zero attached hydrogens (tertiary/aromatic N) is 2. The lowest BCUT2D eigenvalue weighted by molar-refractivity contribution is 0.0593. The second-order valence-corrected chi connectivity index (χ2v) is 4.98. The Balaban J connectivity index is 2.00. The summed E-state index contributed by atoms with van der Waals surface area (Å²) in [5.74, 6) is 0.983. The first kappa shape index (κ1) is 13.8. The van der Waals surface area contributed by atoms with E-state index in [9.17, 15) is 4.79 Å². The standard InChI is InChI=1S/C14H21N3O2/c1-3-10-6-4-5-7-11(10)17-13-9-15-12(8-16-13)14(18)19-2/h8-11H,3-7H2,1-2H3,(H,16,17). The van der Waals surface area contributed by atoms with Crippen LogP contribution in [0.2, 0.25) is 0 Å². The molecule has 1 aliphatic carbocycles. The number of methoxy groups -OCH3 is 1. The van der Waals surface area contributed by atoms with Gasteiger partial charge in [0.25, 0.3) is 0 Å². The van der Waals surface area contributed by atoms with Gasteiger partial charge in [-0.25, -0.2) is 14.8 Å². The van der Waals surface area contributed by atoms with E-state index in [0.717, 1.165) is 5.82 Å². The van der Waals surface area contributed by atoms with Crippen LogP contribution in [0.15, 0.2) is 12.4 Å². The van der Waals surface area contributed by atoms with Crippen LogP contribution in [-0.4, -0.2) is 29.1 Å². The van der Waals surface area contributed by atoms with E-state index in [1.807, 2.05) is 0 Å². The molecule has 0 spiro atoms.